The molecule has 2 aromatic carbocycles. The minimum Gasteiger partial charge on any atom is -0.508 e. The van der Waals surface area contributed by atoms with E-state index in [0.717, 1.165) is 39.0 Å². The molecule has 16 nitrogen and oxygen atoms in total. The van der Waals surface area contributed by atoms with Gasteiger partial charge in [0.25, 0.3) is 15.9 Å². The van der Waals surface area contributed by atoms with Crippen molar-refractivity contribution in [2.24, 2.45) is 17.3 Å². The van der Waals surface area contributed by atoms with E-state index in [1.165, 1.54) is 28.2 Å². The number of aromatic hydroxyl groups is 1. The first-order valence-corrected chi connectivity index (χ1v) is 24.9. The largest absolute Gasteiger partial charge is 0.508 e. The van der Waals surface area contributed by atoms with E-state index >= 15 is 0 Å². The second kappa shape index (κ2) is 20.4. The Hall–Kier alpha value is -5.80. The number of nitrogens with zero attached hydrogens (tertiary/aromatic N) is 5. The van der Waals surface area contributed by atoms with Gasteiger partial charge < -0.3 is 29.4 Å². The number of fused-ring (bicyclic) bond motifs is 6. The minimum atomic E-state index is -3.87. The first-order chi connectivity index (χ1) is 32.3. The van der Waals surface area contributed by atoms with Crippen LogP contribution in [0.2, 0.25) is 0 Å². The van der Waals surface area contributed by atoms with Crippen molar-refractivity contribution in [3.8, 4) is 39.3 Å². The minimum absolute atomic E-state index is 0.0342. The smallest absolute Gasteiger partial charge is 0.324 e. The zero-order chi connectivity index (χ0) is 49.2. The molecule has 0 unspecified atom stereocenters. The average molecular weight is 952 g/mol. The van der Waals surface area contributed by atoms with Crippen molar-refractivity contribution >= 4 is 44.6 Å². The number of esters is 1. The molecular weight excluding hydrogens is 887 g/mol. The fourth-order valence-corrected chi connectivity index (χ4v) is 11.1. The van der Waals surface area contributed by atoms with Crippen LogP contribution in [0.4, 0.5) is 0 Å². The summed E-state index contributed by atoms with van der Waals surface area (Å²) in [5.74, 6) is -0.719. The molecule has 3 aliphatic heterocycles. The Morgan fingerprint density at radius 1 is 1.09 bits per heavy atom. The first kappa shape index (κ1) is 50.1. The number of carbonyl (C=O) groups is 4. The summed E-state index contributed by atoms with van der Waals surface area (Å²) < 4.78 is 40.7. The van der Waals surface area contributed by atoms with Gasteiger partial charge in [0.15, 0.2) is 0 Å². The van der Waals surface area contributed by atoms with Crippen LogP contribution in [0.25, 0.3) is 33.3 Å². The van der Waals surface area contributed by atoms with Gasteiger partial charge in [-0.25, -0.2) is 5.43 Å². The number of cyclic esters (lactones) is 1. The number of hydrogen-bond donors (Lipinski definition) is 3. The van der Waals surface area contributed by atoms with Crippen molar-refractivity contribution in [3.05, 3.63) is 71.5 Å². The van der Waals surface area contributed by atoms with E-state index in [1.54, 1.807) is 39.3 Å². The average Bonchev–Trinajstić information content (AvgIpc) is 3.93. The summed E-state index contributed by atoms with van der Waals surface area (Å²) in [7, 11) is -0.690. The number of aromatic nitrogens is 2. The lowest BCUT2D eigenvalue weighted by atomic mass is 9.84. The Bertz CT molecular complexity index is 2760. The van der Waals surface area contributed by atoms with Crippen molar-refractivity contribution < 1.29 is 42.2 Å². The molecular formula is C51H65N7O9S. The van der Waals surface area contributed by atoms with Gasteiger partial charge in [-0.3, -0.25) is 29.2 Å². The highest BCUT2D eigenvalue weighted by Crippen LogP contribution is 2.42. The number of aryl methyl sites for hydroxylation is 1. The number of hydrazine groups is 1. The zero-order valence-corrected chi connectivity index (χ0v) is 41.4. The quantitative estimate of drug-likeness (QED) is 0.133. The van der Waals surface area contributed by atoms with Gasteiger partial charge in [-0.05, 0) is 111 Å². The van der Waals surface area contributed by atoms with Crippen molar-refractivity contribution in [1.29, 1.82) is 0 Å². The van der Waals surface area contributed by atoms with Gasteiger partial charge in [0.2, 0.25) is 11.8 Å². The maximum Gasteiger partial charge on any atom is 0.324 e. The molecule has 0 spiro atoms. The number of benzene rings is 2. The van der Waals surface area contributed by atoms with E-state index in [4.69, 9.17) is 14.5 Å². The molecule has 17 heteroatoms. The second-order valence-corrected chi connectivity index (χ2v) is 21.0. The summed E-state index contributed by atoms with van der Waals surface area (Å²) >= 11 is 0. The normalized spacial score (nSPS) is 21.1. The molecule has 5 heterocycles. The SMILES string of the molecule is CC#CS(=O)(=O)N1CC[C@H](C(=O)N(C)[C@H](C(=O)N[C@H]2Cc3cc(O)cc(c3)-c3ccc4c(c3)c(c(-c3cccnc3[C@H](C)OC)n4CC)CC(C)(C)COC(=O)[C@@H]3CCCN(N3)C2=O)C(C)C)C1. The van der Waals surface area contributed by atoms with Crippen LogP contribution in [0.15, 0.2) is 54.7 Å². The zero-order valence-electron chi connectivity index (χ0n) is 40.6. The Morgan fingerprint density at radius 3 is 2.56 bits per heavy atom. The van der Waals surface area contributed by atoms with Crippen molar-refractivity contribution in [2.75, 3.05) is 40.4 Å². The lowest BCUT2D eigenvalue weighted by Crippen LogP contribution is -2.62. The number of methoxy groups -OCH3 is 1. The number of amides is 3. The molecule has 3 N–H and O–H groups in total. The van der Waals surface area contributed by atoms with E-state index in [9.17, 15) is 32.7 Å². The van der Waals surface area contributed by atoms with Crippen LogP contribution in [0.5, 0.6) is 5.75 Å². The topological polar surface area (TPSA) is 193 Å². The summed E-state index contributed by atoms with van der Waals surface area (Å²) in [6.45, 7) is 14.3. The molecule has 0 aliphatic carbocycles. The molecule has 3 amide bonds. The summed E-state index contributed by atoms with van der Waals surface area (Å²) in [4.78, 5) is 63.3. The molecule has 2 fully saturated rings. The van der Waals surface area contributed by atoms with E-state index in [-0.39, 0.29) is 50.9 Å². The van der Waals surface area contributed by atoms with Gasteiger partial charge in [-0.1, -0.05) is 45.7 Å². The van der Waals surface area contributed by atoms with E-state index < -0.39 is 69.1 Å². The van der Waals surface area contributed by atoms with Crippen LogP contribution in [0.1, 0.15) is 90.7 Å². The highest BCUT2D eigenvalue weighted by atomic mass is 32.2. The Kier molecular flexibility index (Phi) is 15.0. The van der Waals surface area contributed by atoms with Crippen LogP contribution in [0, 0.1) is 28.4 Å². The lowest BCUT2D eigenvalue weighted by molar-refractivity contribution is -0.155. The number of sulfonamides is 1. The molecule has 7 rings (SSSR count). The third kappa shape index (κ3) is 10.4. The number of carbonyl (C=O) groups excluding carboxylic acids is 4. The molecule has 364 valence electrons. The number of phenols is 1. The number of pyridine rings is 1. The van der Waals surface area contributed by atoms with E-state index in [1.807, 2.05) is 25.1 Å². The van der Waals surface area contributed by atoms with Crippen molar-refractivity contribution in [3.63, 3.8) is 0 Å². The van der Waals surface area contributed by atoms with E-state index in [2.05, 4.69) is 65.5 Å². The third-order valence-electron chi connectivity index (χ3n) is 13.4. The van der Waals surface area contributed by atoms with Crippen LogP contribution >= 0.6 is 0 Å². The molecule has 0 saturated carbocycles. The molecule has 68 heavy (non-hydrogen) atoms. The number of rotatable bonds is 10. The summed E-state index contributed by atoms with van der Waals surface area (Å²) in [6.07, 6.45) is 3.12. The number of nitrogens with one attached hydrogen (secondary N) is 2. The van der Waals surface area contributed by atoms with E-state index in [0.29, 0.717) is 36.9 Å². The maximum absolute atomic E-state index is 14.7. The Morgan fingerprint density at radius 2 is 1.85 bits per heavy atom. The van der Waals surface area contributed by atoms with Crippen LogP contribution < -0.4 is 10.7 Å². The first-order valence-electron chi connectivity index (χ1n) is 23.5. The number of likely N-dealkylation sites (N-methyl/N-ethyl adjacent to an activating group) is 1. The van der Waals surface area contributed by atoms with Crippen LogP contribution in [-0.2, 0) is 58.1 Å². The summed E-state index contributed by atoms with van der Waals surface area (Å²) in [5, 5.41) is 18.9. The van der Waals surface area contributed by atoms with Gasteiger partial charge >= 0.3 is 5.97 Å². The number of ether oxygens (including phenoxy) is 2. The van der Waals surface area contributed by atoms with Gasteiger partial charge in [0, 0.05) is 80.1 Å². The molecule has 0 radical (unpaired) electrons. The molecule has 3 aliphatic rings. The predicted molar refractivity (Wildman–Crippen MR) is 259 cm³/mol. The Balaban J connectivity index is 1.30. The molecule has 5 atom stereocenters. The molecule has 4 aromatic rings. The number of phenolic OH excluding ortho intramolecular Hbond substituents is 1. The third-order valence-corrected chi connectivity index (χ3v) is 14.9. The van der Waals surface area contributed by atoms with Gasteiger partial charge in [-0.15, -0.1) is 0 Å². The Labute approximate surface area is 399 Å². The highest BCUT2D eigenvalue weighted by Gasteiger charge is 2.41. The monoisotopic (exact) mass is 951 g/mol. The number of hydrogen-bond acceptors (Lipinski definition) is 11. The summed E-state index contributed by atoms with van der Waals surface area (Å²) in [5.41, 5.74) is 9.36. The molecule has 2 saturated heterocycles. The van der Waals surface area contributed by atoms with Gasteiger partial charge in [0.05, 0.1) is 30.0 Å². The predicted octanol–water partition coefficient (Wildman–Crippen LogP) is 5.57. The van der Waals surface area contributed by atoms with Crippen molar-refractivity contribution in [2.45, 2.75) is 111 Å². The molecule has 6 bridgehead atoms. The maximum atomic E-state index is 14.7. The summed E-state index contributed by atoms with van der Waals surface area (Å²) in [6, 6.07) is 12.2. The van der Waals surface area contributed by atoms with Crippen molar-refractivity contribution in [1.82, 2.24) is 34.5 Å². The van der Waals surface area contributed by atoms with Crippen LogP contribution in [-0.4, -0.2) is 120 Å². The fourth-order valence-electron chi connectivity index (χ4n) is 10.0. The molecule has 2 aromatic heterocycles. The fraction of sp³-hybridized carbons (Fsp3) is 0.510. The highest BCUT2D eigenvalue weighted by molar-refractivity contribution is 7.93. The van der Waals surface area contributed by atoms with Gasteiger partial charge in [0.1, 0.15) is 23.9 Å². The lowest BCUT2D eigenvalue weighted by Gasteiger charge is -2.37. The standard InChI is InChI=1S/C51H65N7O9S/c1-10-22-68(64,65)56-21-18-35(29-56)48(61)55(8)45(31(3)4)47(60)53-42-25-33-23-36(26-37(59)24-33)34-16-17-43-39(27-34)40(46(57(43)11-2)38-14-12-19-52-44(38)32(5)66-9)28-51(6,7)30-67-50(63)41-15-13-20-58(54-41)49(42)62/h12,14,16-17,19,23-24,26-27,31-32,35,41-42,45,54,59H,11,13,15,18,20-21,25,28-30H2,1-9H3,(H,53,60)/t32-,35-,41-,42-,45-/m0/s1. The van der Waals surface area contributed by atoms with Gasteiger partial charge in [-0.2, -0.15) is 12.7 Å². The second-order valence-electron chi connectivity index (χ2n) is 19.4. The van der Waals surface area contributed by atoms with Crippen LogP contribution in [0.3, 0.4) is 0 Å².